The molecule has 0 bridgehead atoms. The molecule has 0 fully saturated rings. The van der Waals surface area contributed by atoms with Gasteiger partial charge in [0.15, 0.2) is 0 Å². The number of hydrogen-bond donors (Lipinski definition) is 0. The Morgan fingerprint density at radius 3 is 0.767 bits per heavy atom. The molecule has 0 amide bonds. The first-order valence-corrected chi connectivity index (χ1v) is 17.6. The molecule has 0 N–H and O–H groups in total. The Morgan fingerprint density at radius 2 is 0.533 bits per heavy atom. The molecule has 0 aromatic heterocycles. The monoisotopic (exact) mass is 442 g/mol. The van der Waals surface area contributed by atoms with Gasteiger partial charge in [0.25, 0.3) is 0 Å². The first-order chi connectivity index (χ1) is 14.7. The first-order valence-electron chi connectivity index (χ1n) is 14.7. The van der Waals surface area contributed by atoms with E-state index in [4.69, 9.17) is 0 Å². The van der Waals surface area contributed by atoms with E-state index in [-0.39, 0.29) is 0 Å². The summed E-state index contributed by atoms with van der Waals surface area (Å²) in [4.78, 5) is 0. The summed E-state index contributed by atoms with van der Waals surface area (Å²) in [5.74, 6) is 0. The Balaban J connectivity index is 4.23. The molecular weight excluding hydrogens is 379 g/mol. The van der Waals surface area contributed by atoms with Crippen LogP contribution in [0.25, 0.3) is 0 Å². The van der Waals surface area contributed by atoms with Crippen molar-refractivity contribution in [3.8, 4) is 0 Å². The van der Waals surface area contributed by atoms with Crippen LogP contribution in [0.15, 0.2) is 0 Å². The second-order valence-corrected chi connectivity index (χ2v) is 15.7. The Labute approximate surface area is 194 Å². The van der Waals surface area contributed by atoms with Crippen molar-refractivity contribution in [2.75, 3.05) is 24.6 Å². The predicted molar refractivity (Wildman–Crippen MR) is 147 cm³/mol. The van der Waals surface area contributed by atoms with Gasteiger partial charge < -0.3 is 0 Å². The maximum absolute atomic E-state index is 2.57. The normalized spacial score (nSPS) is 12.5. The molecule has 0 radical (unpaired) electrons. The van der Waals surface area contributed by atoms with Gasteiger partial charge in [-0.05, 0) is 0 Å². The van der Waals surface area contributed by atoms with Crippen molar-refractivity contribution in [2.45, 2.75) is 163 Å². The average molecular weight is 443 g/mol. The molecule has 0 unspecified atom stereocenters. The fourth-order valence-electron chi connectivity index (χ4n) is 5.28. The van der Waals surface area contributed by atoms with Crippen LogP contribution in [-0.2, 0) is 0 Å². The van der Waals surface area contributed by atoms with Crippen LogP contribution in [0.4, 0.5) is 0 Å². The molecule has 0 saturated heterocycles. The molecule has 0 aromatic rings. The molecule has 1 heteroatoms. The van der Waals surface area contributed by atoms with Crippen LogP contribution in [-0.4, -0.2) is 24.6 Å². The van der Waals surface area contributed by atoms with E-state index in [1.807, 2.05) is 0 Å². The standard InChI is InChI=1S/C29H63P/c1-5-9-12-15-18-21-24-27-30(8-4,28-25-22-19-16-13-10-6-2)29-26-23-20-17-14-11-7-3/h30H,5-29H2,1-4H3. The second kappa shape index (κ2) is 24.1. The molecule has 0 atom stereocenters. The molecule has 0 rings (SSSR count). The molecule has 0 heterocycles. The third-order valence-electron chi connectivity index (χ3n) is 7.68. The zero-order chi connectivity index (χ0) is 22.2. The van der Waals surface area contributed by atoms with E-state index in [2.05, 4.69) is 27.7 Å². The second-order valence-electron chi connectivity index (χ2n) is 10.5. The Hall–Kier alpha value is 0.430. The summed E-state index contributed by atoms with van der Waals surface area (Å²) >= 11 is 0. The van der Waals surface area contributed by atoms with Gasteiger partial charge in [0.2, 0.25) is 0 Å². The van der Waals surface area contributed by atoms with E-state index in [0.717, 1.165) is 0 Å². The van der Waals surface area contributed by atoms with Crippen molar-refractivity contribution in [3.05, 3.63) is 0 Å². The molecule has 184 valence electrons. The minimum absolute atomic E-state index is 0.996. The van der Waals surface area contributed by atoms with E-state index in [1.165, 1.54) is 116 Å². The van der Waals surface area contributed by atoms with Gasteiger partial charge >= 0.3 is 194 Å². The van der Waals surface area contributed by atoms with Gasteiger partial charge in [-0.15, -0.1) is 0 Å². The van der Waals surface area contributed by atoms with Crippen LogP contribution in [0.5, 0.6) is 0 Å². The van der Waals surface area contributed by atoms with Gasteiger partial charge in [0, 0.05) is 0 Å². The molecule has 0 spiro atoms. The number of rotatable bonds is 25. The summed E-state index contributed by atoms with van der Waals surface area (Å²) in [7, 11) is -0.996. The molecule has 0 aromatic carbocycles. The molecule has 0 nitrogen and oxygen atoms in total. The van der Waals surface area contributed by atoms with Crippen molar-refractivity contribution in [1.82, 2.24) is 0 Å². The third-order valence-corrected chi connectivity index (χ3v) is 13.4. The van der Waals surface area contributed by atoms with Crippen LogP contribution in [0.1, 0.15) is 163 Å². The fraction of sp³-hybridized carbons (Fsp3) is 1.00. The Bertz CT molecular complexity index is 266. The summed E-state index contributed by atoms with van der Waals surface area (Å²) in [6.45, 7) is 9.55. The quantitative estimate of drug-likeness (QED) is 0.0973. The fourth-order valence-corrected chi connectivity index (χ4v) is 10.1. The predicted octanol–water partition coefficient (Wildman–Crippen LogP) is 11.0. The first kappa shape index (κ1) is 30.4. The zero-order valence-electron chi connectivity index (χ0n) is 22.2. The SMILES string of the molecule is CCCCCCCCC[PH](CC)(CCCCCCCCC)CCCCCCCCC. The third kappa shape index (κ3) is 19.1. The molecule has 30 heavy (non-hydrogen) atoms. The Morgan fingerprint density at radius 1 is 0.300 bits per heavy atom. The van der Waals surface area contributed by atoms with Gasteiger partial charge in [-0.1, -0.05) is 0 Å². The van der Waals surface area contributed by atoms with Crippen molar-refractivity contribution in [2.24, 2.45) is 0 Å². The number of hydrogen-bond acceptors (Lipinski definition) is 0. The van der Waals surface area contributed by atoms with Gasteiger partial charge in [-0.3, -0.25) is 0 Å². The molecule has 0 aliphatic heterocycles. The van der Waals surface area contributed by atoms with E-state index in [0.29, 0.717) is 0 Å². The molecule has 0 aliphatic carbocycles. The van der Waals surface area contributed by atoms with Crippen molar-refractivity contribution in [3.63, 3.8) is 0 Å². The summed E-state index contributed by atoms with van der Waals surface area (Å²) < 4.78 is 0. The average Bonchev–Trinajstić information content (AvgIpc) is 2.76. The summed E-state index contributed by atoms with van der Waals surface area (Å²) in [5, 5.41) is 0. The summed E-state index contributed by atoms with van der Waals surface area (Å²) in [6.07, 6.45) is 37.6. The van der Waals surface area contributed by atoms with Crippen LogP contribution in [0, 0.1) is 0 Å². The van der Waals surface area contributed by atoms with Gasteiger partial charge in [0.1, 0.15) is 0 Å². The summed E-state index contributed by atoms with van der Waals surface area (Å²) in [6, 6.07) is 0. The van der Waals surface area contributed by atoms with Gasteiger partial charge in [0.05, 0.1) is 0 Å². The van der Waals surface area contributed by atoms with Gasteiger partial charge in [-0.2, -0.15) is 0 Å². The van der Waals surface area contributed by atoms with E-state index >= 15 is 0 Å². The van der Waals surface area contributed by atoms with Crippen molar-refractivity contribution < 1.29 is 0 Å². The van der Waals surface area contributed by atoms with E-state index in [9.17, 15) is 0 Å². The molecule has 0 saturated carbocycles. The number of unbranched alkanes of at least 4 members (excludes halogenated alkanes) is 18. The van der Waals surface area contributed by atoms with Crippen LogP contribution >= 0.6 is 7.26 Å². The minimum atomic E-state index is -0.996. The van der Waals surface area contributed by atoms with Crippen LogP contribution in [0.3, 0.4) is 0 Å². The van der Waals surface area contributed by atoms with Crippen LogP contribution in [0.2, 0.25) is 0 Å². The summed E-state index contributed by atoms with van der Waals surface area (Å²) in [5.41, 5.74) is 0. The maximum atomic E-state index is 2.57. The zero-order valence-corrected chi connectivity index (χ0v) is 23.2. The van der Waals surface area contributed by atoms with E-state index in [1.54, 1.807) is 43.9 Å². The topological polar surface area (TPSA) is 0 Å². The van der Waals surface area contributed by atoms with E-state index < -0.39 is 7.26 Å². The van der Waals surface area contributed by atoms with Crippen molar-refractivity contribution >= 4 is 7.26 Å². The molecular formula is C29H63P. The Kier molecular flexibility index (Phi) is 24.4. The molecule has 0 aliphatic rings. The van der Waals surface area contributed by atoms with Crippen molar-refractivity contribution in [1.29, 1.82) is 0 Å². The van der Waals surface area contributed by atoms with Gasteiger partial charge in [-0.25, -0.2) is 0 Å². The van der Waals surface area contributed by atoms with Crippen LogP contribution < -0.4 is 0 Å².